The Morgan fingerprint density at radius 2 is 1.63 bits per heavy atom. The van der Waals surface area contributed by atoms with Gasteiger partial charge in [-0.15, -0.1) is 0 Å². The first-order chi connectivity index (χ1) is 17.1. The van der Waals surface area contributed by atoms with Crippen LogP contribution in [0, 0.1) is 0 Å². The van der Waals surface area contributed by atoms with Crippen LogP contribution in [-0.2, 0) is 9.53 Å². The second-order valence-electron chi connectivity index (χ2n) is 8.16. The minimum absolute atomic E-state index is 0.230. The summed E-state index contributed by atoms with van der Waals surface area (Å²) in [5.41, 5.74) is 2.93. The van der Waals surface area contributed by atoms with Crippen molar-refractivity contribution >= 4 is 17.9 Å². The van der Waals surface area contributed by atoms with E-state index in [0.717, 1.165) is 23.3 Å². The number of cyclic esters (lactones) is 1. The molecule has 3 aromatic rings. The second kappa shape index (κ2) is 11.4. The van der Waals surface area contributed by atoms with Crippen LogP contribution in [0.4, 0.5) is 0 Å². The highest BCUT2D eigenvalue weighted by molar-refractivity contribution is 6.12. The van der Waals surface area contributed by atoms with Gasteiger partial charge in [0.2, 0.25) is 5.90 Å². The van der Waals surface area contributed by atoms with Crippen molar-refractivity contribution in [2.75, 3.05) is 20.3 Å². The molecule has 35 heavy (non-hydrogen) atoms. The first-order valence-electron chi connectivity index (χ1n) is 11.7. The lowest BCUT2D eigenvalue weighted by molar-refractivity contribution is -0.129. The fourth-order valence-electron chi connectivity index (χ4n) is 3.71. The van der Waals surface area contributed by atoms with Gasteiger partial charge in [-0.1, -0.05) is 56.3 Å². The zero-order chi connectivity index (χ0) is 24.6. The van der Waals surface area contributed by atoms with Gasteiger partial charge in [-0.3, -0.25) is 0 Å². The molecule has 6 nitrogen and oxygen atoms in total. The number of rotatable bonds is 10. The van der Waals surface area contributed by atoms with Crippen LogP contribution in [0.3, 0.4) is 0 Å². The molecule has 0 amide bonds. The SMILES string of the molecule is CC[C@@H](C)c1ccccc1OCCOc1ccc(/C=C2\N=C(c3ccccc3)OC2=O)cc1OC. The van der Waals surface area contributed by atoms with E-state index in [2.05, 4.69) is 24.9 Å². The molecule has 0 radical (unpaired) electrons. The van der Waals surface area contributed by atoms with Gasteiger partial charge in [-0.05, 0) is 59.9 Å². The van der Waals surface area contributed by atoms with E-state index in [1.54, 1.807) is 25.3 Å². The third-order valence-electron chi connectivity index (χ3n) is 5.79. The van der Waals surface area contributed by atoms with Gasteiger partial charge in [0.05, 0.1) is 7.11 Å². The van der Waals surface area contributed by atoms with E-state index in [4.69, 9.17) is 18.9 Å². The van der Waals surface area contributed by atoms with E-state index < -0.39 is 5.97 Å². The normalized spacial score (nSPS) is 14.9. The van der Waals surface area contributed by atoms with Crippen LogP contribution in [0.25, 0.3) is 6.08 Å². The molecule has 180 valence electrons. The zero-order valence-electron chi connectivity index (χ0n) is 20.2. The molecule has 1 heterocycles. The number of ether oxygens (including phenoxy) is 4. The lowest BCUT2D eigenvalue weighted by atomic mass is 9.98. The molecule has 6 heteroatoms. The largest absolute Gasteiger partial charge is 0.493 e. The van der Waals surface area contributed by atoms with Crippen molar-refractivity contribution < 1.29 is 23.7 Å². The standard InChI is InChI=1S/C29H29NO5/c1-4-20(2)23-12-8-9-13-25(23)33-16-17-34-26-15-14-21(19-27(26)32-3)18-24-29(31)35-28(30-24)22-10-6-5-7-11-22/h5-15,18-20H,4,16-17H2,1-3H3/b24-18-/t20-/m1/s1. The maximum atomic E-state index is 12.3. The van der Waals surface area contributed by atoms with E-state index >= 15 is 0 Å². The number of aliphatic imine (C=N–C) groups is 1. The molecule has 0 spiro atoms. The number of esters is 1. The Hall–Kier alpha value is -4.06. The Morgan fingerprint density at radius 1 is 0.914 bits per heavy atom. The molecule has 1 atom stereocenters. The van der Waals surface area contributed by atoms with Crippen molar-refractivity contribution in [3.05, 3.63) is 95.2 Å². The molecular weight excluding hydrogens is 442 g/mol. The molecule has 3 aromatic carbocycles. The summed E-state index contributed by atoms with van der Waals surface area (Å²) in [5.74, 6) is 2.27. The number of hydrogen-bond donors (Lipinski definition) is 0. The van der Waals surface area contributed by atoms with E-state index in [1.165, 1.54) is 5.56 Å². The first kappa shape index (κ1) is 24.1. The summed E-state index contributed by atoms with van der Waals surface area (Å²) in [6.07, 6.45) is 2.71. The molecule has 0 saturated heterocycles. The van der Waals surface area contributed by atoms with Crippen LogP contribution in [0.5, 0.6) is 17.2 Å². The Bertz CT molecular complexity index is 1230. The van der Waals surface area contributed by atoms with Gasteiger partial charge < -0.3 is 18.9 Å². The molecule has 0 saturated carbocycles. The predicted octanol–water partition coefficient (Wildman–Crippen LogP) is 6.01. The number of carbonyl (C=O) groups excluding carboxylic acids is 1. The lowest BCUT2D eigenvalue weighted by Crippen LogP contribution is -2.11. The second-order valence-corrected chi connectivity index (χ2v) is 8.16. The van der Waals surface area contributed by atoms with Crippen LogP contribution in [0.15, 0.2) is 83.5 Å². The van der Waals surface area contributed by atoms with Gasteiger partial charge in [0.15, 0.2) is 17.2 Å². The smallest absolute Gasteiger partial charge is 0.363 e. The van der Waals surface area contributed by atoms with Gasteiger partial charge in [0.1, 0.15) is 19.0 Å². The van der Waals surface area contributed by atoms with Crippen molar-refractivity contribution in [2.45, 2.75) is 26.2 Å². The molecule has 0 unspecified atom stereocenters. The number of para-hydroxylation sites is 1. The minimum Gasteiger partial charge on any atom is -0.493 e. The van der Waals surface area contributed by atoms with Crippen LogP contribution >= 0.6 is 0 Å². The van der Waals surface area contributed by atoms with Gasteiger partial charge in [-0.25, -0.2) is 9.79 Å². The van der Waals surface area contributed by atoms with E-state index in [9.17, 15) is 4.79 Å². The molecular formula is C29H29NO5. The van der Waals surface area contributed by atoms with E-state index in [0.29, 0.717) is 36.5 Å². The molecule has 0 N–H and O–H groups in total. The Labute approximate surface area is 205 Å². The zero-order valence-corrected chi connectivity index (χ0v) is 20.2. The summed E-state index contributed by atoms with van der Waals surface area (Å²) < 4.78 is 22.7. The topological polar surface area (TPSA) is 66.3 Å². The van der Waals surface area contributed by atoms with Gasteiger partial charge >= 0.3 is 5.97 Å². The highest BCUT2D eigenvalue weighted by atomic mass is 16.6. The Kier molecular flexibility index (Phi) is 7.83. The number of carbonyl (C=O) groups is 1. The average molecular weight is 472 g/mol. The molecule has 1 aliphatic rings. The molecule has 0 fully saturated rings. The molecule has 4 rings (SSSR count). The Morgan fingerprint density at radius 3 is 2.37 bits per heavy atom. The predicted molar refractivity (Wildman–Crippen MR) is 136 cm³/mol. The van der Waals surface area contributed by atoms with Crippen LogP contribution < -0.4 is 14.2 Å². The number of methoxy groups -OCH3 is 1. The lowest BCUT2D eigenvalue weighted by Gasteiger charge is -2.16. The van der Waals surface area contributed by atoms with Crippen molar-refractivity contribution in [3.63, 3.8) is 0 Å². The first-order valence-corrected chi connectivity index (χ1v) is 11.7. The number of benzene rings is 3. The van der Waals surface area contributed by atoms with Crippen LogP contribution in [-0.4, -0.2) is 32.2 Å². The Balaban J connectivity index is 1.40. The maximum Gasteiger partial charge on any atom is 0.363 e. The van der Waals surface area contributed by atoms with Crippen LogP contribution in [0.2, 0.25) is 0 Å². The number of nitrogens with zero attached hydrogens (tertiary/aromatic N) is 1. The third kappa shape index (κ3) is 5.90. The summed E-state index contributed by atoms with van der Waals surface area (Å²) in [6, 6.07) is 22.9. The fourth-order valence-corrected chi connectivity index (χ4v) is 3.71. The van der Waals surface area contributed by atoms with Crippen molar-refractivity contribution in [3.8, 4) is 17.2 Å². The summed E-state index contributed by atoms with van der Waals surface area (Å²) in [4.78, 5) is 16.6. The third-order valence-corrected chi connectivity index (χ3v) is 5.79. The summed E-state index contributed by atoms with van der Waals surface area (Å²) in [5, 5.41) is 0. The van der Waals surface area contributed by atoms with Gasteiger partial charge in [0.25, 0.3) is 0 Å². The van der Waals surface area contributed by atoms with Crippen molar-refractivity contribution in [2.24, 2.45) is 4.99 Å². The number of hydrogen-bond acceptors (Lipinski definition) is 6. The molecule has 1 aliphatic heterocycles. The highest BCUT2D eigenvalue weighted by Crippen LogP contribution is 2.31. The minimum atomic E-state index is -0.488. The van der Waals surface area contributed by atoms with Gasteiger partial charge in [0, 0.05) is 5.56 Å². The summed E-state index contributed by atoms with van der Waals surface area (Å²) in [7, 11) is 1.58. The highest BCUT2D eigenvalue weighted by Gasteiger charge is 2.24. The van der Waals surface area contributed by atoms with Crippen LogP contribution in [0.1, 0.15) is 42.9 Å². The van der Waals surface area contributed by atoms with E-state index in [1.807, 2.05) is 54.6 Å². The van der Waals surface area contributed by atoms with Crippen molar-refractivity contribution in [1.29, 1.82) is 0 Å². The summed E-state index contributed by atoms with van der Waals surface area (Å²) >= 11 is 0. The summed E-state index contributed by atoms with van der Waals surface area (Å²) in [6.45, 7) is 5.13. The maximum absolute atomic E-state index is 12.3. The van der Waals surface area contributed by atoms with Crippen molar-refractivity contribution in [1.82, 2.24) is 0 Å². The van der Waals surface area contributed by atoms with Gasteiger partial charge in [-0.2, -0.15) is 0 Å². The average Bonchev–Trinajstić information content (AvgIpc) is 3.27. The quantitative estimate of drug-likeness (QED) is 0.206. The van der Waals surface area contributed by atoms with E-state index in [-0.39, 0.29) is 5.70 Å². The molecule has 0 aromatic heterocycles. The fraction of sp³-hybridized carbons (Fsp3) is 0.241. The molecule has 0 bridgehead atoms. The molecule has 0 aliphatic carbocycles. The monoisotopic (exact) mass is 471 g/mol.